The molecule has 0 bridgehead atoms. The van der Waals surface area contributed by atoms with E-state index in [4.69, 9.17) is 11.6 Å². The fourth-order valence-electron chi connectivity index (χ4n) is 2.17. The molecule has 5 heteroatoms. The molecule has 0 atom stereocenters. The summed E-state index contributed by atoms with van der Waals surface area (Å²) in [6, 6.07) is 2.63. The third kappa shape index (κ3) is 3.11. The first-order valence-electron chi connectivity index (χ1n) is 6.72. The molecule has 0 saturated carbocycles. The van der Waals surface area contributed by atoms with Crippen molar-refractivity contribution in [2.45, 2.75) is 40.2 Å². The maximum atomic E-state index is 14.1. The van der Waals surface area contributed by atoms with Crippen molar-refractivity contribution < 1.29 is 8.78 Å². The van der Waals surface area contributed by atoms with E-state index in [1.807, 2.05) is 0 Å². The second kappa shape index (κ2) is 5.68. The van der Waals surface area contributed by atoms with Gasteiger partial charge in [-0.1, -0.05) is 20.8 Å². The molecular formula is C15H19ClF2N2. The Labute approximate surface area is 122 Å². The first-order valence-corrected chi connectivity index (χ1v) is 7.26. The van der Waals surface area contributed by atoms with Crippen LogP contribution >= 0.6 is 11.6 Å². The van der Waals surface area contributed by atoms with Crippen molar-refractivity contribution in [3.63, 3.8) is 0 Å². The van der Waals surface area contributed by atoms with Gasteiger partial charge >= 0.3 is 0 Å². The smallest absolute Gasteiger partial charge is 0.184 e. The van der Waals surface area contributed by atoms with Gasteiger partial charge in [0.1, 0.15) is 11.3 Å². The molecule has 2 rings (SSSR count). The Bertz CT molecular complexity index is 614. The van der Waals surface area contributed by atoms with Crippen molar-refractivity contribution in [2.24, 2.45) is 5.41 Å². The molecule has 1 aromatic carbocycles. The van der Waals surface area contributed by atoms with Gasteiger partial charge in [0.2, 0.25) is 0 Å². The molecule has 0 fully saturated rings. The van der Waals surface area contributed by atoms with E-state index in [9.17, 15) is 8.78 Å². The maximum Gasteiger partial charge on any atom is 0.184 e. The van der Waals surface area contributed by atoms with E-state index in [-0.39, 0.29) is 10.9 Å². The predicted molar refractivity (Wildman–Crippen MR) is 78.1 cm³/mol. The maximum absolute atomic E-state index is 14.1. The monoisotopic (exact) mass is 300 g/mol. The zero-order chi connectivity index (χ0) is 14.9. The molecule has 0 amide bonds. The van der Waals surface area contributed by atoms with Gasteiger partial charge in [-0.25, -0.2) is 13.8 Å². The number of nitrogens with zero attached hydrogens (tertiary/aromatic N) is 2. The lowest BCUT2D eigenvalue weighted by Gasteiger charge is -2.19. The Morgan fingerprint density at radius 3 is 2.55 bits per heavy atom. The molecule has 1 heterocycles. The molecule has 0 unspecified atom stereocenters. The van der Waals surface area contributed by atoms with Crippen LogP contribution in [0.4, 0.5) is 8.78 Å². The van der Waals surface area contributed by atoms with Crippen molar-refractivity contribution >= 4 is 22.6 Å². The Balaban J connectivity index is 2.52. The van der Waals surface area contributed by atoms with E-state index < -0.39 is 11.6 Å². The Hall–Kier alpha value is -1.16. The molecule has 0 N–H and O–H groups in total. The van der Waals surface area contributed by atoms with Crippen molar-refractivity contribution in [1.82, 2.24) is 9.55 Å². The second-order valence-electron chi connectivity index (χ2n) is 6.16. The molecule has 20 heavy (non-hydrogen) atoms. The molecule has 110 valence electrons. The van der Waals surface area contributed by atoms with Crippen LogP contribution < -0.4 is 0 Å². The summed E-state index contributed by atoms with van der Waals surface area (Å²) >= 11 is 5.78. The number of imidazole rings is 1. The highest BCUT2D eigenvalue weighted by molar-refractivity contribution is 6.17. The number of hydrogen-bond acceptors (Lipinski definition) is 1. The fraction of sp³-hybridized carbons (Fsp3) is 0.533. The van der Waals surface area contributed by atoms with Crippen LogP contribution in [0.2, 0.25) is 0 Å². The van der Waals surface area contributed by atoms with Crippen molar-refractivity contribution in [2.75, 3.05) is 5.88 Å². The highest BCUT2D eigenvalue weighted by Crippen LogP contribution is 2.26. The van der Waals surface area contributed by atoms with Crippen LogP contribution in [0.3, 0.4) is 0 Å². The number of benzene rings is 1. The van der Waals surface area contributed by atoms with Crippen LogP contribution in [0.5, 0.6) is 0 Å². The van der Waals surface area contributed by atoms with Gasteiger partial charge < -0.3 is 4.57 Å². The highest BCUT2D eigenvalue weighted by Gasteiger charge is 2.19. The van der Waals surface area contributed by atoms with E-state index >= 15 is 0 Å². The Morgan fingerprint density at radius 1 is 1.25 bits per heavy atom. The number of aromatic nitrogens is 2. The number of hydrogen-bond donors (Lipinski definition) is 0. The molecule has 2 aromatic rings. The lowest BCUT2D eigenvalue weighted by atomic mass is 9.92. The molecule has 0 spiro atoms. The molecule has 0 radical (unpaired) electrons. The third-order valence-electron chi connectivity index (χ3n) is 3.28. The number of halogens is 3. The summed E-state index contributed by atoms with van der Waals surface area (Å²) < 4.78 is 29.3. The lowest BCUT2D eigenvalue weighted by Crippen LogP contribution is -2.13. The van der Waals surface area contributed by atoms with Crippen LogP contribution in [-0.2, 0) is 13.0 Å². The van der Waals surface area contributed by atoms with Gasteiger partial charge in [0.25, 0.3) is 0 Å². The van der Waals surface area contributed by atoms with E-state index in [0.717, 1.165) is 12.5 Å². The molecule has 0 saturated heterocycles. The van der Waals surface area contributed by atoms with Crippen molar-refractivity contribution in [1.29, 1.82) is 0 Å². The summed E-state index contributed by atoms with van der Waals surface area (Å²) in [4.78, 5) is 4.38. The molecular weight excluding hydrogens is 282 g/mol. The van der Waals surface area contributed by atoms with Gasteiger partial charge in [-0.3, -0.25) is 0 Å². The first kappa shape index (κ1) is 15.2. The number of fused-ring (bicyclic) bond motifs is 1. The van der Waals surface area contributed by atoms with Gasteiger partial charge in [-0.2, -0.15) is 0 Å². The summed E-state index contributed by atoms with van der Waals surface area (Å²) in [5, 5.41) is 0. The van der Waals surface area contributed by atoms with Gasteiger partial charge in [-0.15, -0.1) is 11.6 Å². The van der Waals surface area contributed by atoms with Crippen molar-refractivity contribution in [3.8, 4) is 0 Å². The van der Waals surface area contributed by atoms with Gasteiger partial charge in [0.05, 0.1) is 5.52 Å². The molecule has 2 nitrogen and oxygen atoms in total. The van der Waals surface area contributed by atoms with E-state index in [1.54, 1.807) is 4.57 Å². The average molecular weight is 301 g/mol. The molecule has 0 aliphatic carbocycles. The quantitative estimate of drug-likeness (QED) is 0.758. The molecule has 1 aromatic heterocycles. The normalized spacial score (nSPS) is 12.3. The third-order valence-corrected chi connectivity index (χ3v) is 3.47. The highest BCUT2D eigenvalue weighted by atomic mass is 35.5. The van der Waals surface area contributed by atoms with Gasteiger partial charge in [-0.05, 0) is 24.0 Å². The van der Waals surface area contributed by atoms with Gasteiger partial charge in [0.15, 0.2) is 11.6 Å². The summed E-state index contributed by atoms with van der Waals surface area (Å²) in [6.07, 6.45) is 1.39. The van der Waals surface area contributed by atoms with E-state index in [1.165, 1.54) is 6.07 Å². The standard InChI is InChI=1S/C15H19ClF2N2/c1-15(2,3)7-9-20-12(6-8-16)19-11-5-4-10(17)13(18)14(11)20/h4-5H,6-9H2,1-3H3. The second-order valence-corrected chi connectivity index (χ2v) is 6.54. The van der Waals surface area contributed by atoms with E-state index in [0.29, 0.717) is 30.2 Å². The van der Waals surface area contributed by atoms with Gasteiger partial charge in [0, 0.05) is 18.8 Å². The zero-order valence-electron chi connectivity index (χ0n) is 12.0. The molecule has 0 aliphatic rings. The minimum absolute atomic E-state index is 0.110. The van der Waals surface area contributed by atoms with Crippen LogP contribution in [0.25, 0.3) is 11.0 Å². The van der Waals surface area contributed by atoms with Crippen LogP contribution in [0, 0.1) is 17.0 Å². The lowest BCUT2D eigenvalue weighted by molar-refractivity contribution is 0.349. The number of alkyl halides is 1. The first-order chi connectivity index (χ1) is 9.33. The number of rotatable bonds is 4. The zero-order valence-corrected chi connectivity index (χ0v) is 12.8. The van der Waals surface area contributed by atoms with E-state index in [2.05, 4.69) is 25.8 Å². The van der Waals surface area contributed by atoms with Crippen LogP contribution in [0.15, 0.2) is 12.1 Å². The predicted octanol–water partition coefficient (Wildman–Crippen LogP) is 4.53. The minimum Gasteiger partial charge on any atom is -0.325 e. The topological polar surface area (TPSA) is 17.8 Å². The summed E-state index contributed by atoms with van der Waals surface area (Å²) in [6.45, 7) is 6.95. The minimum atomic E-state index is -0.841. The largest absolute Gasteiger partial charge is 0.325 e. The summed E-state index contributed by atoms with van der Waals surface area (Å²) in [7, 11) is 0. The van der Waals surface area contributed by atoms with Crippen LogP contribution in [-0.4, -0.2) is 15.4 Å². The average Bonchev–Trinajstić information content (AvgIpc) is 2.70. The Morgan fingerprint density at radius 2 is 1.95 bits per heavy atom. The molecule has 0 aliphatic heterocycles. The Kier molecular flexibility index (Phi) is 4.33. The summed E-state index contributed by atoms with van der Waals surface area (Å²) in [5.74, 6) is -0.552. The van der Waals surface area contributed by atoms with Crippen LogP contribution in [0.1, 0.15) is 33.0 Å². The van der Waals surface area contributed by atoms with Crippen molar-refractivity contribution in [3.05, 3.63) is 29.6 Å². The fourth-order valence-corrected chi connectivity index (χ4v) is 2.34. The number of aryl methyl sites for hydroxylation is 2. The SMILES string of the molecule is CC(C)(C)CCn1c(CCCl)nc2ccc(F)c(F)c21. The summed E-state index contributed by atoms with van der Waals surface area (Å²) in [5.41, 5.74) is 0.839.